The van der Waals surface area contributed by atoms with Crippen LogP contribution in [0.15, 0.2) is 24.4 Å². The van der Waals surface area contributed by atoms with Gasteiger partial charge in [0.05, 0.1) is 36.6 Å². The van der Waals surface area contributed by atoms with Crippen molar-refractivity contribution in [3.63, 3.8) is 0 Å². The molecule has 0 atom stereocenters. The van der Waals surface area contributed by atoms with Crippen LogP contribution in [0.3, 0.4) is 0 Å². The summed E-state index contributed by atoms with van der Waals surface area (Å²) in [6.07, 6.45) is 4.02. The number of pyridine rings is 2. The van der Waals surface area contributed by atoms with Crippen LogP contribution in [0, 0.1) is 5.92 Å². The Balaban J connectivity index is 1.92. The van der Waals surface area contributed by atoms with Crippen LogP contribution in [-0.2, 0) is 0 Å². The topological polar surface area (TPSA) is 53.5 Å². The van der Waals surface area contributed by atoms with E-state index in [0.717, 1.165) is 10.8 Å². The van der Waals surface area contributed by atoms with Crippen molar-refractivity contribution in [3.8, 4) is 28.6 Å². The number of nitrogens with zero attached hydrogens (tertiary/aromatic N) is 2. The molecule has 2 aromatic heterocycles. The summed E-state index contributed by atoms with van der Waals surface area (Å²) in [4.78, 5) is 8.87. The number of methoxy groups -OCH3 is 2. The van der Waals surface area contributed by atoms with E-state index < -0.39 is 0 Å². The van der Waals surface area contributed by atoms with Gasteiger partial charge in [-0.15, -0.1) is 0 Å². The van der Waals surface area contributed by atoms with Gasteiger partial charge in [0.1, 0.15) is 16.7 Å². The van der Waals surface area contributed by atoms with Gasteiger partial charge >= 0.3 is 0 Å². The van der Waals surface area contributed by atoms with E-state index in [2.05, 4.69) is 4.98 Å². The van der Waals surface area contributed by atoms with Crippen molar-refractivity contribution in [2.75, 3.05) is 20.8 Å². The van der Waals surface area contributed by atoms with E-state index in [1.165, 1.54) is 27.1 Å². The highest BCUT2D eigenvalue weighted by molar-refractivity contribution is 6.41. The lowest BCUT2D eigenvalue weighted by atomic mass is 10.1. The highest BCUT2D eigenvalue weighted by Crippen LogP contribution is 2.46. The SMILES string of the molecule is COc1cc(OC)c(Cl)c(-c2cc3cnc(Cl)cc3c(OCC3CC3)n2)c1Cl. The van der Waals surface area contributed by atoms with Crippen molar-refractivity contribution < 1.29 is 14.2 Å². The molecule has 1 aliphatic rings. The normalized spacial score (nSPS) is 13.6. The molecule has 0 saturated heterocycles. The molecule has 1 aliphatic carbocycles. The summed E-state index contributed by atoms with van der Waals surface area (Å²) < 4.78 is 16.7. The quantitative estimate of drug-likeness (QED) is 0.437. The number of benzene rings is 1. The number of hydrogen-bond donors (Lipinski definition) is 0. The molecule has 0 bridgehead atoms. The molecule has 0 aliphatic heterocycles. The number of rotatable bonds is 6. The van der Waals surface area contributed by atoms with E-state index >= 15 is 0 Å². The summed E-state index contributed by atoms with van der Waals surface area (Å²) in [6, 6.07) is 5.22. The predicted molar refractivity (Wildman–Crippen MR) is 111 cm³/mol. The minimum absolute atomic E-state index is 0.343. The van der Waals surface area contributed by atoms with Crippen molar-refractivity contribution in [2.24, 2.45) is 5.92 Å². The van der Waals surface area contributed by atoms with E-state index in [9.17, 15) is 0 Å². The molecule has 5 nitrogen and oxygen atoms in total. The molecule has 0 N–H and O–H groups in total. The van der Waals surface area contributed by atoms with Crippen LogP contribution in [0.25, 0.3) is 22.0 Å². The maximum absolute atomic E-state index is 6.56. The molecule has 2 heterocycles. The Morgan fingerprint density at radius 1 is 1.00 bits per heavy atom. The van der Waals surface area contributed by atoms with Gasteiger partial charge < -0.3 is 14.2 Å². The Kier molecular flexibility index (Phi) is 5.41. The minimum atomic E-state index is 0.343. The molecule has 3 aromatic rings. The van der Waals surface area contributed by atoms with Crippen LogP contribution in [0.2, 0.25) is 15.2 Å². The van der Waals surface area contributed by atoms with Gasteiger partial charge in [-0.3, -0.25) is 0 Å². The first-order valence-corrected chi connectivity index (χ1v) is 9.84. The van der Waals surface area contributed by atoms with Crippen molar-refractivity contribution in [2.45, 2.75) is 12.8 Å². The molecule has 28 heavy (non-hydrogen) atoms. The second kappa shape index (κ2) is 7.82. The standard InChI is InChI=1S/C20H17Cl3N2O3/c1-26-14-7-15(27-2)19(23)17(18(14)22)13-5-11-8-24-16(21)6-12(11)20(25-13)28-9-10-3-4-10/h5-8,10H,3-4,9H2,1-2H3. The second-order valence-corrected chi connectivity index (χ2v) is 7.72. The van der Waals surface area contributed by atoms with Crippen LogP contribution in [0.4, 0.5) is 0 Å². The van der Waals surface area contributed by atoms with E-state index in [4.69, 9.17) is 54.0 Å². The summed E-state index contributed by atoms with van der Waals surface area (Å²) in [5.41, 5.74) is 1.04. The van der Waals surface area contributed by atoms with E-state index in [1.54, 1.807) is 18.3 Å². The average Bonchev–Trinajstić information content (AvgIpc) is 3.51. The minimum Gasteiger partial charge on any atom is -0.495 e. The van der Waals surface area contributed by atoms with Crippen molar-refractivity contribution in [1.29, 1.82) is 0 Å². The van der Waals surface area contributed by atoms with Gasteiger partial charge in [-0.25, -0.2) is 9.97 Å². The second-order valence-electron chi connectivity index (χ2n) is 6.58. The molecular weight excluding hydrogens is 423 g/mol. The number of aromatic nitrogens is 2. The Morgan fingerprint density at radius 2 is 1.68 bits per heavy atom. The lowest BCUT2D eigenvalue weighted by Crippen LogP contribution is -2.03. The van der Waals surface area contributed by atoms with Crippen molar-refractivity contribution >= 4 is 45.6 Å². The first kappa shape index (κ1) is 19.4. The maximum Gasteiger partial charge on any atom is 0.222 e. The Labute approximate surface area is 177 Å². The molecule has 0 spiro atoms. The van der Waals surface area contributed by atoms with Crippen LogP contribution < -0.4 is 14.2 Å². The fourth-order valence-corrected chi connectivity index (χ4v) is 3.77. The third kappa shape index (κ3) is 3.66. The lowest BCUT2D eigenvalue weighted by Gasteiger charge is -2.16. The molecule has 1 saturated carbocycles. The Bertz CT molecular complexity index is 1030. The molecular formula is C20H17Cl3N2O3. The molecule has 4 rings (SSSR count). The van der Waals surface area contributed by atoms with Gasteiger partial charge in [-0.2, -0.15) is 0 Å². The van der Waals surface area contributed by atoms with Gasteiger partial charge in [-0.05, 0) is 30.9 Å². The fraction of sp³-hybridized carbons (Fsp3) is 0.300. The van der Waals surface area contributed by atoms with E-state index in [1.807, 2.05) is 6.07 Å². The zero-order valence-corrected chi connectivity index (χ0v) is 17.5. The van der Waals surface area contributed by atoms with Gasteiger partial charge in [0.15, 0.2) is 0 Å². The van der Waals surface area contributed by atoms with Gasteiger partial charge in [0.25, 0.3) is 0 Å². The van der Waals surface area contributed by atoms with Crippen molar-refractivity contribution in [1.82, 2.24) is 9.97 Å². The smallest absolute Gasteiger partial charge is 0.222 e. The number of ether oxygens (including phenoxy) is 3. The number of fused-ring (bicyclic) bond motifs is 1. The molecule has 0 amide bonds. The van der Waals surface area contributed by atoms with Gasteiger partial charge in [0, 0.05) is 28.6 Å². The third-order valence-corrected chi connectivity index (χ3v) is 5.59. The molecule has 0 unspecified atom stereocenters. The fourth-order valence-electron chi connectivity index (χ4n) is 2.92. The number of hydrogen-bond acceptors (Lipinski definition) is 5. The molecule has 1 fully saturated rings. The molecule has 1 aromatic carbocycles. The zero-order chi connectivity index (χ0) is 19.8. The van der Waals surface area contributed by atoms with Gasteiger partial charge in [-0.1, -0.05) is 34.8 Å². The van der Waals surface area contributed by atoms with E-state index in [-0.39, 0.29) is 0 Å². The lowest BCUT2D eigenvalue weighted by molar-refractivity contribution is 0.292. The van der Waals surface area contributed by atoms with E-state index in [0.29, 0.717) is 56.4 Å². The van der Waals surface area contributed by atoms with Crippen LogP contribution in [0.1, 0.15) is 12.8 Å². The first-order chi connectivity index (χ1) is 13.5. The van der Waals surface area contributed by atoms with Crippen LogP contribution in [-0.4, -0.2) is 30.8 Å². The molecule has 0 radical (unpaired) electrons. The highest BCUT2D eigenvalue weighted by Gasteiger charge is 2.24. The third-order valence-electron chi connectivity index (χ3n) is 4.63. The summed E-state index contributed by atoms with van der Waals surface area (Å²) in [7, 11) is 3.06. The summed E-state index contributed by atoms with van der Waals surface area (Å²) >= 11 is 19.2. The zero-order valence-electron chi connectivity index (χ0n) is 15.3. The summed E-state index contributed by atoms with van der Waals surface area (Å²) in [6.45, 7) is 0.606. The van der Waals surface area contributed by atoms with Crippen LogP contribution in [0.5, 0.6) is 17.4 Å². The predicted octanol–water partition coefficient (Wildman–Crippen LogP) is 6.06. The largest absolute Gasteiger partial charge is 0.495 e. The Morgan fingerprint density at radius 3 is 2.29 bits per heavy atom. The van der Waals surface area contributed by atoms with Gasteiger partial charge in [0.2, 0.25) is 5.88 Å². The van der Waals surface area contributed by atoms with Crippen LogP contribution >= 0.6 is 34.8 Å². The summed E-state index contributed by atoms with van der Waals surface area (Å²) in [5, 5.41) is 2.66. The first-order valence-electron chi connectivity index (χ1n) is 8.71. The number of halogens is 3. The molecule has 146 valence electrons. The van der Waals surface area contributed by atoms with Crippen molar-refractivity contribution in [3.05, 3.63) is 39.6 Å². The average molecular weight is 440 g/mol. The Hall–Kier alpha value is -1.95. The summed E-state index contributed by atoms with van der Waals surface area (Å²) in [5.74, 6) is 1.92. The highest BCUT2D eigenvalue weighted by atomic mass is 35.5. The monoisotopic (exact) mass is 438 g/mol. The maximum atomic E-state index is 6.56. The molecule has 8 heteroatoms.